The normalized spacial score (nSPS) is 13.1. The van der Waals surface area contributed by atoms with E-state index in [1.165, 1.54) is 0 Å². The van der Waals surface area contributed by atoms with Gasteiger partial charge in [0.1, 0.15) is 11.5 Å². The number of nitrogens with two attached hydrogens (primary N) is 1. The third-order valence-corrected chi connectivity index (χ3v) is 3.68. The zero-order valence-corrected chi connectivity index (χ0v) is 14.0. The molecule has 2 aromatic rings. The average molecular weight is 323 g/mol. The largest absolute Gasteiger partial charge is 0.464 e. The summed E-state index contributed by atoms with van der Waals surface area (Å²) in [5.41, 5.74) is 7.18. The highest BCUT2D eigenvalue weighted by atomic mass is 35.5. The van der Waals surface area contributed by atoms with Crippen molar-refractivity contribution in [1.82, 2.24) is 4.90 Å². The molecule has 0 fully saturated rings. The van der Waals surface area contributed by atoms with Crippen molar-refractivity contribution in [3.05, 3.63) is 59.5 Å². The smallest absolute Gasteiger partial charge is 0.227 e. The first-order valence-corrected chi connectivity index (χ1v) is 7.10. The Balaban J connectivity index is 0.00000242. The van der Waals surface area contributed by atoms with Crippen LogP contribution in [0.15, 0.2) is 46.9 Å². The Morgan fingerprint density at radius 1 is 1.23 bits per heavy atom. The summed E-state index contributed by atoms with van der Waals surface area (Å²) >= 11 is 0. The number of nitrogens with zero attached hydrogens (tertiary/aromatic N) is 1. The van der Waals surface area contributed by atoms with Gasteiger partial charge in [0.05, 0.1) is 12.5 Å². The number of hydrogen-bond donors (Lipinski definition) is 1. The minimum absolute atomic E-state index is 0. The molecule has 1 aromatic carbocycles. The van der Waals surface area contributed by atoms with E-state index in [9.17, 15) is 4.79 Å². The predicted molar refractivity (Wildman–Crippen MR) is 89.7 cm³/mol. The highest BCUT2D eigenvalue weighted by molar-refractivity contribution is 5.85. The first-order chi connectivity index (χ1) is 9.99. The molecular weight excluding hydrogens is 300 g/mol. The molecule has 0 radical (unpaired) electrons. The van der Waals surface area contributed by atoms with E-state index in [-0.39, 0.29) is 30.3 Å². The number of benzene rings is 1. The topological polar surface area (TPSA) is 59.5 Å². The summed E-state index contributed by atoms with van der Waals surface area (Å²) in [6.45, 7) is 4.21. The van der Waals surface area contributed by atoms with Crippen molar-refractivity contribution in [2.75, 3.05) is 7.05 Å². The molecule has 0 aliphatic rings. The molecule has 2 rings (SSSR count). The van der Waals surface area contributed by atoms with Gasteiger partial charge in [-0.1, -0.05) is 37.3 Å². The van der Waals surface area contributed by atoms with Crippen LogP contribution in [0.4, 0.5) is 0 Å². The molecule has 0 saturated heterocycles. The summed E-state index contributed by atoms with van der Waals surface area (Å²) in [4.78, 5) is 14.1. The molecule has 2 N–H and O–H groups in total. The SMILES string of the molecule is Cc1ccc(CN(C)C(=O)C(C)C(N)c2ccccc2)o1.Cl. The van der Waals surface area contributed by atoms with Gasteiger partial charge in [-0.3, -0.25) is 4.79 Å². The lowest BCUT2D eigenvalue weighted by atomic mass is 9.94. The van der Waals surface area contributed by atoms with Crippen LogP contribution in [0.25, 0.3) is 0 Å². The highest BCUT2D eigenvalue weighted by Crippen LogP contribution is 2.21. The van der Waals surface area contributed by atoms with E-state index in [1.54, 1.807) is 11.9 Å². The Labute approximate surface area is 137 Å². The number of halogens is 1. The van der Waals surface area contributed by atoms with E-state index in [1.807, 2.05) is 56.3 Å². The van der Waals surface area contributed by atoms with Crippen LogP contribution in [0.1, 0.15) is 30.0 Å². The molecule has 1 amide bonds. The number of rotatable bonds is 5. The van der Waals surface area contributed by atoms with Gasteiger partial charge in [0.2, 0.25) is 5.91 Å². The van der Waals surface area contributed by atoms with Gasteiger partial charge in [-0.15, -0.1) is 12.4 Å². The van der Waals surface area contributed by atoms with Crippen LogP contribution in [0.2, 0.25) is 0 Å². The molecule has 0 aliphatic carbocycles. The minimum atomic E-state index is -0.306. The summed E-state index contributed by atoms with van der Waals surface area (Å²) in [7, 11) is 1.77. The van der Waals surface area contributed by atoms with Crippen LogP contribution >= 0.6 is 12.4 Å². The fourth-order valence-corrected chi connectivity index (χ4v) is 2.35. The number of aryl methyl sites for hydroxylation is 1. The van der Waals surface area contributed by atoms with Gasteiger partial charge in [-0.25, -0.2) is 0 Å². The van der Waals surface area contributed by atoms with Crippen LogP contribution in [0, 0.1) is 12.8 Å². The Bertz CT molecular complexity index is 598. The lowest BCUT2D eigenvalue weighted by Gasteiger charge is -2.25. The summed E-state index contributed by atoms with van der Waals surface area (Å²) in [6.07, 6.45) is 0. The number of furan rings is 1. The molecule has 0 spiro atoms. The van der Waals surface area contributed by atoms with Crippen molar-refractivity contribution < 1.29 is 9.21 Å². The van der Waals surface area contributed by atoms with Crippen molar-refractivity contribution >= 4 is 18.3 Å². The van der Waals surface area contributed by atoms with E-state index in [2.05, 4.69) is 0 Å². The van der Waals surface area contributed by atoms with Crippen LogP contribution in [0.5, 0.6) is 0 Å². The molecule has 0 bridgehead atoms. The van der Waals surface area contributed by atoms with Gasteiger partial charge >= 0.3 is 0 Å². The second-order valence-corrected chi connectivity index (χ2v) is 5.43. The lowest BCUT2D eigenvalue weighted by Crippen LogP contribution is -2.36. The number of carbonyl (C=O) groups excluding carboxylic acids is 1. The van der Waals surface area contributed by atoms with Crippen LogP contribution < -0.4 is 5.73 Å². The maximum absolute atomic E-state index is 12.5. The zero-order chi connectivity index (χ0) is 15.4. The van der Waals surface area contributed by atoms with Crippen molar-refractivity contribution in [3.63, 3.8) is 0 Å². The van der Waals surface area contributed by atoms with Crippen LogP contribution in [0.3, 0.4) is 0 Å². The molecule has 4 nitrogen and oxygen atoms in total. The standard InChI is InChI=1S/C17H22N2O2.ClH/c1-12-9-10-15(21-12)11-19(3)17(20)13(2)16(18)14-7-5-4-6-8-14;/h4-10,13,16H,11,18H2,1-3H3;1H. The molecule has 1 heterocycles. The average Bonchev–Trinajstić information content (AvgIpc) is 2.90. The minimum Gasteiger partial charge on any atom is -0.464 e. The summed E-state index contributed by atoms with van der Waals surface area (Å²) in [5.74, 6) is 1.36. The Hall–Kier alpha value is -1.78. The quantitative estimate of drug-likeness (QED) is 0.918. The fraction of sp³-hybridized carbons (Fsp3) is 0.353. The second-order valence-electron chi connectivity index (χ2n) is 5.43. The molecule has 2 unspecified atom stereocenters. The third-order valence-electron chi connectivity index (χ3n) is 3.68. The molecule has 0 aliphatic heterocycles. The van der Waals surface area contributed by atoms with Crippen molar-refractivity contribution in [2.24, 2.45) is 11.7 Å². The molecule has 1 aromatic heterocycles. The zero-order valence-electron chi connectivity index (χ0n) is 13.2. The lowest BCUT2D eigenvalue weighted by molar-refractivity contribution is -0.135. The van der Waals surface area contributed by atoms with Crippen molar-refractivity contribution in [3.8, 4) is 0 Å². The van der Waals surface area contributed by atoms with Crippen LogP contribution in [-0.4, -0.2) is 17.9 Å². The van der Waals surface area contributed by atoms with Crippen molar-refractivity contribution in [1.29, 1.82) is 0 Å². The number of amides is 1. The Kier molecular flexibility index (Phi) is 6.65. The first-order valence-electron chi connectivity index (χ1n) is 7.10. The molecular formula is C17H23ClN2O2. The Morgan fingerprint density at radius 2 is 1.86 bits per heavy atom. The van der Waals surface area contributed by atoms with Crippen molar-refractivity contribution in [2.45, 2.75) is 26.4 Å². The van der Waals surface area contributed by atoms with Gasteiger partial charge in [0, 0.05) is 13.1 Å². The van der Waals surface area contributed by atoms with E-state index in [0.29, 0.717) is 6.54 Å². The van der Waals surface area contributed by atoms with Gasteiger partial charge < -0.3 is 15.1 Å². The van der Waals surface area contributed by atoms with E-state index < -0.39 is 0 Å². The first kappa shape index (κ1) is 18.3. The highest BCUT2D eigenvalue weighted by Gasteiger charge is 2.25. The van der Waals surface area contributed by atoms with Gasteiger partial charge in [-0.2, -0.15) is 0 Å². The fourth-order valence-electron chi connectivity index (χ4n) is 2.35. The molecule has 0 saturated carbocycles. The summed E-state index contributed by atoms with van der Waals surface area (Å²) < 4.78 is 5.50. The Morgan fingerprint density at radius 3 is 2.41 bits per heavy atom. The third kappa shape index (κ3) is 4.36. The van der Waals surface area contributed by atoms with E-state index in [0.717, 1.165) is 17.1 Å². The molecule has 2 atom stereocenters. The van der Waals surface area contributed by atoms with E-state index >= 15 is 0 Å². The van der Waals surface area contributed by atoms with Crippen LogP contribution in [-0.2, 0) is 11.3 Å². The number of hydrogen-bond acceptors (Lipinski definition) is 3. The monoisotopic (exact) mass is 322 g/mol. The predicted octanol–water partition coefficient (Wildman–Crippen LogP) is 3.30. The molecule has 120 valence electrons. The maximum Gasteiger partial charge on any atom is 0.227 e. The van der Waals surface area contributed by atoms with Gasteiger partial charge in [0.15, 0.2) is 0 Å². The maximum atomic E-state index is 12.5. The van der Waals surface area contributed by atoms with E-state index in [4.69, 9.17) is 10.2 Å². The van der Waals surface area contributed by atoms with Gasteiger partial charge in [0.25, 0.3) is 0 Å². The summed E-state index contributed by atoms with van der Waals surface area (Å²) in [6, 6.07) is 13.2. The second kappa shape index (κ2) is 8.01. The van der Waals surface area contributed by atoms with Gasteiger partial charge in [-0.05, 0) is 24.6 Å². The molecule has 5 heteroatoms. The molecule has 22 heavy (non-hydrogen) atoms. The summed E-state index contributed by atoms with van der Waals surface area (Å²) in [5, 5.41) is 0. The number of carbonyl (C=O) groups is 1.